The first-order chi connectivity index (χ1) is 7.88. The highest BCUT2D eigenvalue weighted by Gasteiger charge is 2.16. The molecule has 6 heteroatoms. The van der Waals surface area contributed by atoms with E-state index in [1.54, 1.807) is 7.05 Å². The first kappa shape index (κ1) is 15.4. The maximum absolute atomic E-state index is 11.5. The molecule has 3 amide bonds. The number of aliphatic carboxylic acids is 1. The van der Waals surface area contributed by atoms with E-state index in [1.807, 2.05) is 13.8 Å². The number of imide groups is 1. The molecule has 0 aromatic rings. The van der Waals surface area contributed by atoms with Gasteiger partial charge in [0.1, 0.15) is 0 Å². The summed E-state index contributed by atoms with van der Waals surface area (Å²) in [5, 5.41) is 10.6. The SMILES string of the molecule is CCC(C)N(C)C(=O)NC(=O)CCCC(=O)O. The van der Waals surface area contributed by atoms with Crippen LogP contribution in [0, 0.1) is 0 Å². The molecular formula is C11H20N2O4. The number of carboxylic acid groups (broad SMARTS) is 1. The lowest BCUT2D eigenvalue weighted by Gasteiger charge is -2.23. The minimum Gasteiger partial charge on any atom is -0.481 e. The quantitative estimate of drug-likeness (QED) is 0.735. The molecule has 0 heterocycles. The molecule has 0 bridgehead atoms. The number of nitrogens with zero attached hydrogens (tertiary/aromatic N) is 1. The largest absolute Gasteiger partial charge is 0.481 e. The molecule has 0 aromatic heterocycles. The predicted octanol–water partition coefficient (Wildman–Crippen LogP) is 1.21. The van der Waals surface area contributed by atoms with Crippen molar-refractivity contribution in [2.75, 3.05) is 7.05 Å². The van der Waals surface area contributed by atoms with E-state index in [-0.39, 0.29) is 25.3 Å². The van der Waals surface area contributed by atoms with Crippen LogP contribution in [0.3, 0.4) is 0 Å². The Morgan fingerprint density at radius 1 is 1.29 bits per heavy atom. The van der Waals surface area contributed by atoms with Crippen molar-refractivity contribution in [2.45, 2.75) is 45.6 Å². The lowest BCUT2D eigenvalue weighted by Crippen LogP contribution is -2.44. The second-order valence-corrected chi connectivity index (χ2v) is 3.97. The van der Waals surface area contributed by atoms with E-state index in [2.05, 4.69) is 5.32 Å². The fraction of sp³-hybridized carbons (Fsp3) is 0.727. The summed E-state index contributed by atoms with van der Waals surface area (Å²) >= 11 is 0. The van der Waals surface area contributed by atoms with Crippen molar-refractivity contribution in [2.24, 2.45) is 0 Å². The van der Waals surface area contributed by atoms with Gasteiger partial charge in [-0.3, -0.25) is 14.9 Å². The maximum Gasteiger partial charge on any atom is 0.324 e. The van der Waals surface area contributed by atoms with E-state index in [1.165, 1.54) is 4.90 Å². The maximum atomic E-state index is 11.5. The third-order valence-corrected chi connectivity index (χ3v) is 2.61. The zero-order chi connectivity index (χ0) is 13.4. The van der Waals surface area contributed by atoms with Crippen LogP contribution in [0.25, 0.3) is 0 Å². The van der Waals surface area contributed by atoms with Crippen molar-refractivity contribution in [3.05, 3.63) is 0 Å². The summed E-state index contributed by atoms with van der Waals surface area (Å²) < 4.78 is 0. The zero-order valence-corrected chi connectivity index (χ0v) is 10.5. The van der Waals surface area contributed by atoms with Crippen LogP contribution in [0.4, 0.5) is 4.79 Å². The minimum atomic E-state index is -0.944. The van der Waals surface area contributed by atoms with Crippen LogP contribution in [0.1, 0.15) is 39.5 Å². The molecule has 0 aromatic carbocycles. The monoisotopic (exact) mass is 244 g/mol. The average Bonchev–Trinajstić information content (AvgIpc) is 2.26. The summed E-state index contributed by atoms with van der Waals surface area (Å²) in [5.41, 5.74) is 0. The summed E-state index contributed by atoms with van der Waals surface area (Å²) in [4.78, 5) is 34.5. The summed E-state index contributed by atoms with van der Waals surface area (Å²) in [6.45, 7) is 3.83. The Bertz CT molecular complexity index is 291. The number of urea groups is 1. The van der Waals surface area contributed by atoms with Crippen molar-refractivity contribution < 1.29 is 19.5 Å². The molecule has 0 radical (unpaired) electrons. The van der Waals surface area contributed by atoms with E-state index in [9.17, 15) is 14.4 Å². The normalized spacial score (nSPS) is 11.7. The van der Waals surface area contributed by atoms with Crippen LogP contribution in [0.2, 0.25) is 0 Å². The molecule has 0 aliphatic carbocycles. The van der Waals surface area contributed by atoms with Gasteiger partial charge in [0, 0.05) is 25.9 Å². The van der Waals surface area contributed by atoms with Gasteiger partial charge in [-0.1, -0.05) is 6.92 Å². The van der Waals surface area contributed by atoms with E-state index < -0.39 is 17.9 Å². The summed E-state index contributed by atoms with van der Waals surface area (Å²) in [5.74, 6) is -1.38. The first-order valence-electron chi connectivity index (χ1n) is 5.66. The van der Waals surface area contributed by atoms with Crippen LogP contribution in [0.15, 0.2) is 0 Å². The summed E-state index contributed by atoms with van der Waals surface area (Å²) in [6.07, 6.45) is 1.02. The second-order valence-electron chi connectivity index (χ2n) is 3.97. The number of rotatable bonds is 6. The van der Waals surface area contributed by atoms with E-state index in [0.29, 0.717) is 0 Å². The van der Waals surface area contributed by atoms with Gasteiger partial charge in [-0.05, 0) is 19.8 Å². The van der Waals surface area contributed by atoms with Crippen molar-refractivity contribution in [3.8, 4) is 0 Å². The second kappa shape index (κ2) is 7.65. The van der Waals surface area contributed by atoms with E-state index in [4.69, 9.17) is 5.11 Å². The molecule has 0 rings (SSSR count). The predicted molar refractivity (Wildman–Crippen MR) is 62.5 cm³/mol. The van der Waals surface area contributed by atoms with Crippen molar-refractivity contribution >= 4 is 17.9 Å². The summed E-state index contributed by atoms with van der Waals surface area (Å²) in [7, 11) is 1.62. The van der Waals surface area contributed by atoms with Crippen molar-refractivity contribution in [1.29, 1.82) is 0 Å². The van der Waals surface area contributed by atoms with Crippen LogP contribution >= 0.6 is 0 Å². The number of hydrogen-bond acceptors (Lipinski definition) is 3. The highest BCUT2D eigenvalue weighted by Crippen LogP contribution is 2.01. The zero-order valence-electron chi connectivity index (χ0n) is 10.5. The Balaban J connectivity index is 3.95. The minimum absolute atomic E-state index is 0.0480. The average molecular weight is 244 g/mol. The molecule has 0 fully saturated rings. The van der Waals surface area contributed by atoms with Gasteiger partial charge in [0.25, 0.3) is 0 Å². The van der Waals surface area contributed by atoms with Gasteiger partial charge in [0.2, 0.25) is 5.91 Å². The van der Waals surface area contributed by atoms with Crippen LogP contribution in [-0.2, 0) is 9.59 Å². The molecule has 0 spiro atoms. The number of carboxylic acids is 1. The molecule has 6 nitrogen and oxygen atoms in total. The Hall–Kier alpha value is -1.59. The van der Waals surface area contributed by atoms with Crippen LogP contribution in [0.5, 0.6) is 0 Å². The molecule has 0 aliphatic rings. The Morgan fingerprint density at radius 3 is 2.35 bits per heavy atom. The van der Waals surface area contributed by atoms with Crippen LogP contribution < -0.4 is 5.32 Å². The topological polar surface area (TPSA) is 86.7 Å². The number of hydrogen-bond donors (Lipinski definition) is 2. The highest BCUT2D eigenvalue weighted by atomic mass is 16.4. The molecule has 17 heavy (non-hydrogen) atoms. The van der Waals surface area contributed by atoms with Crippen LogP contribution in [-0.4, -0.2) is 41.0 Å². The highest BCUT2D eigenvalue weighted by molar-refractivity contribution is 5.94. The van der Waals surface area contributed by atoms with Crippen molar-refractivity contribution in [1.82, 2.24) is 10.2 Å². The van der Waals surface area contributed by atoms with E-state index >= 15 is 0 Å². The van der Waals surface area contributed by atoms with Gasteiger partial charge in [-0.25, -0.2) is 4.79 Å². The number of carbonyl (C=O) groups excluding carboxylic acids is 2. The lowest BCUT2D eigenvalue weighted by atomic mass is 10.2. The van der Waals surface area contributed by atoms with Gasteiger partial charge >= 0.3 is 12.0 Å². The Morgan fingerprint density at radius 2 is 1.88 bits per heavy atom. The Labute approximate surface area is 101 Å². The fourth-order valence-electron chi connectivity index (χ4n) is 1.14. The van der Waals surface area contributed by atoms with Gasteiger partial charge in [-0.2, -0.15) is 0 Å². The molecule has 0 aliphatic heterocycles. The smallest absolute Gasteiger partial charge is 0.324 e. The molecule has 98 valence electrons. The lowest BCUT2D eigenvalue weighted by molar-refractivity contribution is -0.137. The van der Waals surface area contributed by atoms with Gasteiger partial charge < -0.3 is 10.0 Å². The summed E-state index contributed by atoms with van der Waals surface area (Å²) in [6, 6.07) is -0.388. The van der Waals surface area contributed by atoms with Gasteiger partial charge in [0.15, 0.2) is 0 Å². The number of carbonyl (C=O) groups is 3. The number of nitrogens with one attached hydrogen (secondary N) is 1. The van der Waals surface area contributed by atoms with E-state index in [0.717, 1.165) is 6.42 Å². The third-order valence-electron chi connectivity index (χ3n) is 2.61. The molecule has 0 saturated heterocycles. The van der Waals surface area contributed by atoms with Gasteiger partial charge in [-0.15, -0.1) is 0 Å². The van der Waals surface area contributed by atoms with Gasteiger partial charge in [0.05, 0.1) is 0 Å². The third kappa shape index (κ3) is 6.55. The molecular weight excluding hydrogens is 224 g/mol. The fourth-order valence-corrected chi connectivity index (χ4v) is 1.14. The molecule has 1 atom stereocenters. The van der Waals surface area contributed by atoms with Crippen molar-refractivity contribution in [3.63, 3.8) is 0 Å². The number of amides is 3. The molecule has 0 saturated carbocycles. The molecule has 2 N–H and O–H groups in total. The first-order valence-corrected chi connectivity index (χ1v) is 5.66. The standard InChI is InChI=1S/C11H20N2O4/c1-4-8(2)13(3)11(17)12-9(14)6-5-7-10(15)16/h8H,4-7H2,1-3H3,(H,15,16)(H,12,14,17). The Kier molecular flexibility index (Phi) is 6.93. The molecule has 1 unspecified atom stereocenters.